The van der Waals surface area contributed by atoms with Crippen molar-refractivity contribution in [2.75, 3.05) is 18.4 Å². The largest absolute Gasteiger partial charge is 0.416 e. The van der Waals surface area contributed by atoms with Crippen molar-refractivity contribution in [3.8, 4) is 0 Å². The molecule has 3 nitrogen and oxygen atoms in total. The average Bonchev–Trinajstić information content (AvgIpc) is 2.36. The maximum absolute atomic E-state index is 12.8. The first-order chi connectivity index (χ1) is 9.91. The lowest BCUT2D eigenvalue weighted by Gasteiger charge is -2.25. The van der Waals surface area contributed by atoms with E-state index in [0.717, 1.165) is 31.4 Å². The molecule has 6 heteroatoms. The van der Waals surface area contributed by atoms with Crippen LogP contribution in [0.4, 0.5) is 18.9 Å². The van der Waals surface area contributed by atoms with Crippen molar-refractivity contribution in [1.29, 1.82) is 0 Å². The summed E-state index contributed by atoms with van der Waals surface area (Å²) < 4.78 is 38.3. The van der Waals surface area contributed by atoms with E-state index < -0.39 is 17.6 Å². The summed E-state index contributed by atoms with van der Waals surface area (Å²) in [6.07, 6.45) is -1.15. The minimum absolute atomic E-state index is 0.0472. The zero-order chi connectivity index (χ0) is 15.5. The second-order valence-electron chi connectivity index (χ2n) is 5.30. The molecule has 0 bridgehead atoms. The number of hydrogen-bond acceptors (Lipinski definition) is 2. The first-order valence-electron chi connectivity index (χ1n) is 7.15. The van der Waals surface area contributed by atoms with E-state index in [9.17, 15) is 18.0 Å². The highest BCUT2D eigenvalue weighted by molar-refractivity contribution is 5.99. The lowest BCUT2D eigenvalue weighted by molar-refractivity contribution is -0.137. The van der Waals surface area contributed by atoms with E-state index in [-0.39, 0.29) is 5.56 Å². The van der Waals surface area contributed by atoms with Gasteiger partial charge in [0.15, 0.2) is 0 Å². The number of nitrogens with one attached hydrogen (secondary N) is 2. The number of alkyl halides is 3. The zero-order valence-corrected chi connectivity index (χ0v) is 11.9. The van der Waals surface area contributed by atoms with Crippen LogP contribution in [0, 0.1) is 5.92 Å². The Bertz CT molecular complexity index is 510. The number of hydrogen-bond donors (Lipinski definition) is 2. The predicted octanol–water partition coefficient (Wildman–Crippen LogP) is 3.67. The smallest absolute Gasteiger partial charge is 0.385 e. The van der Waals surface area contributed by atoms with Gasteiger partial charge in [-0.2, -0.15) is 13.2 Å². The molecule has 1 amide bonds. The van der Waals surface area contributed by atoms with Crippen LogP contribution in [0.15, 0.2) is 18.2 Å². The van der Waals surface area contributed by atoms with Gasteiger partial charge in [-0.3, -0.25) is 4.79 Å². The van der Waals surface area contributed by atoms with Crippen LogP contribution in [0.25, 0.3) is 0 Å². The normalized spacial score (nSPS) is 15.4. The molecule has 1 aromatic carbocycles. The Labute approximate surface area is 121 Å². The van der Waals surface area contributed by atoms with Crippen molar-refractivity contribution in [1.82, 2.24) is 5.32 Å². The Morgan fingerprint density at radius 2 is 2.05 bits per heavy atom. The first kappa shape index (κ1) is 15.7. The summed E-state index contributed by atoms with van der Waals surface area (Å²) in [7, 11) is 0. The molecule has 2 rings (SSSR count). The Morgan fingerprint density at radius 1 is 1.33 bits per heavy atom. The van der Waals surface area contributed by atoms with Crippen molar-refractivity contribution in [2.45, 2.75) is 32.4 Å². The van der Waals surface area contributed by atoms with Gasteiger partial charge in [0.2, 0.25) is 0 Å². The SMILES string of the molecule is CCNc1ccc(C(F)(F)F)cc1C(=O)NCC1CCC1. The third-order valence-corrected chi connectivity index (χ3v) is 3.73. The van der Waals surface area contributed by atoms with Crippen LogP contribution in [0.5, 0.6) is 0 Å². The summed E-state index contributed by atoms with van der Waals surface area (Å²) in [6, 6.07) is 3.21. The van der Waals surface area contributed by atoms with E-state index in [4.69, 9.17) is 0 Å². The van der Waals surface area contributed by atoms with E-state index in [1.807, 2.05) is 6.92 Å². The van der Waals surface area contributed by atoms with Crippen LogP contribution in [-0.2, 0) is 6.18 Å². The highest BCUT2D eigenvalue weighted by atomic mass is 19.4. The highest BCUT2D eigenvalue weighted by Gasteiger charge is 2.32. The predicted molar refractivity (Wildman–Crippen MR) is 75.3 cm³/mol. The molecule has 1 fully saturated rings. The molecule has 0 unspecified atom stereocenters. The molecule has 0 heterocycles. The molecule has 0 saturated heterocycles. The van der Waals surface area contributed by atoms with Gasteiger partial charge < -0.3 is 10.6 Å². The number of benzene rings is 1. The third kappa shape index (κ3) is 3.89. The molecule has 1 aliphatic carbocycles. The van der Waals surface area contributed by atoms with Gasteiger partial charge in [0, 0.05) is 18.8 Å². The Hall–Kier alpha value is -1.72. The van der Waals surface area contributed by atoms with Gasteiger partial charge in [-0.25, -0.2) is 0 Å². The van der Waals surface area contributed by atoms with Crippen molar-refractivity contribution in [3.63, 3.8) is 0 Å². The zero-order valence-electron chi connectivity index (χ0n) is 11.9. The molecular formula is C15H19F3N2O. The summed E-state index contributed by atoms with van der Waals surface area (Å²) >= 11 is 0. The maximum atomic E-state index is 12.8. The molecule has 1 aliphatic rings. The Morgan fingerprint density at radius 3 is 2.57 bits per heavy atom. The number of anilines is 1. The fourth-order valence-electron chi connectivity index (χ4n) is 2.28. The second-order valence-corrected chi connectivity index (χ2v) is 5.30. The van der Waals surface area contributed by atoms with Crippen molar-refractivity contribution in [3.05, 3.63) is 29.3 Å². The van der Waals surface area contributed by atoms with Gasteiger partial charge >= 0.3 is 6.18 Å². The molecular weight excluding hydrogens is 281 g/mol. The fourth-order valence-corrected chi connectivity index (χ4v) is 2.28. The third-order valence-electron chi connectivity index (χ3n) is 3.73. The fraction of sp³-hybridized carbons (Fsp3) is 0.533. The molecule has 116 valence electrons. The van der Waals surface area contributed by atoms with E-state index in [2.05, 4.69) is 10.6 Å². The molecule has 1 aromatic rings. The highest BCUT2D eigenvalue weighted by Crippen LogP contribution is 2.32. The minimum Gasteiger partial charge on any atom is -0.385 e. The quantitative estimate of drug-likeness (QED) is 0.871. The van der Waals surface area contributed by atoms with E-state index in [0.29, 0.717) is 24.7 Å². The summed E-state index contributed by atoms with van der Waals surface area (Å²) in [4.78, 5) is 12.1. The van der Waals surface area contributed by atoms with Crippen molar-refractivity contribution >= 4 is 11.6 Å². The number of carbonyl (C=O) groups excluding carboxylic acids is 1. The Balaban J connectivity index is 2.17. The molecule has 0 aliphatic heterocycles. The molecule has 21 heavy (non-hydrogen) atoms. The van der Waals surface area contributed by atoms with Crippen LogP contribution in [-0.4, -0.2) is 19.0 Å². The second kappa shape index (κ2) is 6.37. The van der Waals surface area contributed by atoms with Gasteiger partial charge in [0.05, 0.1) is 11.1 Å². The number of halogens is 3. The molecule has 0 radical (unpaired) electrons. The van der Waals surface area contributed by atoms with Gasteiger partial charge in [-0.1, -0.05) is 6.42 Å². The number of carbonyl (C=O) groups is 1. The van der Waals surface area contributed by atoms with Gasteiger partial charge in [0.25, 0.3) is 5.91 Å². The van der Waals surface area contributed by atoms with E-state index in [1.165, 1.54) is 6.07 Å². The summed E-state index contributed by atoms with van der Waals surface area (Å²) in [6.45, 7) is 2.89. The number of amides is 1. The van der Waals surface area contributed by atoms with Gasteiger partial charge in [-0.15, -0.1) is 0 Å². The van der Waals surface area contributed by atoms with Crippen molar-refractivity contribution < 1.29 is 18.0 Å². The van der Waals surface area contributed by atoms with Gasteiger partial charge in [-0.05, 0) is 43.9 Å². The standard InChI is InChI=1S/C15H19F3N2O/c1-2-19-13-7-6-11(15(16,17)18)8-12(13)14(21)20-9-10-4-3-5-10/h6-8,10,19H,2-5,9H2,1H3,(H,20,21). The van der Waals surface area contributed by atoms with E-state index >= 15 is 0 Å². The summed E-state index contributed by atoms with van der Waals surface area (Å²) in [5.41, 5.74) is -0.333. The Kier molecular flexibility index (Phi) is 4.75. The lowest BCUT2D eigenvalue weighted by Crippen LogP contribution is -2.32. The maximum Gasteiger partial charge on any atom is 0.416 e. The van der Waals surface area contributed by atoms with Crippen LogP contribution < -0.4 is 10.6 Å². The average molecular weight is 300 g/mol. The van der Waals surface area contributed by atoms with Crippen LogP contribution in [0.2, 0.25) is 0 Å². The lowest BCUT2D eigenvalue weighted by atomic mass is 9.85. The molecule has 0 spiro atoms. The van der Waals surface area contributed by atoms with Crippen molar-refractivity contribution in [2.24, 2.45) is 5.92 Å². The molecule has 1 saturated carbocycles. The van der Waals surface area contributed by atoms with E-state index in [1.54, 1.807) is 0 Å². The summed E-state index contributed by atoms with van der Waals surface area (Å²) in [5.74, 6) is 0.00582. The minimum atomic E-state index is -4.45. The molecule has 0 atom stereocenters. The number of rotatable bonds is 5. The topological polar surface area (TPSA) is 41.1 Å². The van der Waals surface area contributed by atoms with Crippen LogP contribution in [0.3, 0.4) is 0 Å². The molecule has 2 N–H and O–H groups in total. The van der Waals surface area contributed by atoms with Crippen LogP contribution in [0.1, 0.15) is 42.1 Å². The van der Waals surface area contributed by atoms with Crippen LogP contribution >= 0.6 is 0 Å². The monoisotopic (exact) mass is 300 g/mol. The van der Waals surface area contributed by atoms with Gasteiger partial charge in [0.1, 0.15) is 0 Å². The first-order valence-corrected chi connectivity index (χ1v) is 7.15. The molecule has 0 aromatic heterocycles. The summed E-state index contributed by atoms with van der Waals surface area (Å²) in [5, 5.41) is 5.66.